The average Bonchev–Trinajstić information content (AvgIpc) is 2.43. The number of nitrogens with zero attached hydrogens (tertiary/aromatic N) is 1. The van der Waals surface area contributed by atoms with E-state index in [1.54, 1.807) is 0 Å². The summed E-state index contributed by atoms with van der Waals surface area (Å²) in [5, 5.41) is 0.755. The second-order valence-corrected chi connectivity index (χ2v) is 6.46. The van der Waals surface area contributed by atoms with Gasteiger partial charge in [0.05, 0.1) is 5.02 Å². The first kappa shape index (κ1) is 13.9. The average molecular weight is 352 g/mol. The Morgan fingerprint density at radius 1 is 1.25 bits per heavy atom. The third-order valence-corrected chi connectivity index (χ3v) is 4.99. The molecule has 2 N–H and O–H groups in total. The fourth-order valence-electron chi connectivity index (χ4n) is 2.73. The van der Waals surface area contributed by atoms with Gasteiger partial charge in [-0.05, 0) is 57.2 Å². The van der Waals surface area contributed by atoms with Crippen molar-refractivity contribution in [3.05, 3.63) is 62.6 Å². The molecule has 1 aliphatic heterocycles. The first-order valence-electron chi connectivity index (χ1n) is 6.66. The number of anilines is 1. The summed E-state index contributed by atoms with van der Waals surface area (Å²) in [5.41, 5.74) is 10.9. The molecule has 0 saturated heterocycles. The van der Waals surface area contributed by atoms with Gasteiger partial charge in [-0.1, -0.05) is 29.8 Å². The molecule has 3 rings (SSSR count). The van der Waals surface area contributed by atoms with E-state index in [1.165, 1.54) is 16.7 Å². The van der Waals surface area contributed by atoms with Crippen LogP contribution in [0.2, 0.25) is 5.02 Å². The van der Waals surface area contributed by atoms with Gasteiger partial charge < -0.3 is 5.73 Å². The normalized spacial score (nSPS) is 15.1. The summed E-state index contributed by atoms with van der Waals surface area (Å²) in [7, 11) is 0. The molecular formula is C16H16BrClN2. The summed E-state index contributed by atoms with van der Waals surface area (Å²) >= 11 is 9.51. The van der Waals surface area contributed by atoms with Crippen molar-refractivity contribution in [1.82, 2.24) is 4.90 Å². The predicted octanol–water partition coefficient (Wildman–Crippen LogP) is 4.24. The van der Waals surface area contributed by atoms with E-state index in [9.17, 15) is 0 Å². The highest BCUT2D eigenvalue weighted by Crippen LogP contribution is 2.27. The third kappa shape index (κ3) is 2.85. The molecule has 4 heteroatoms. The first-order valence-corrected chi connectivity index (χ1v) is 7.83. The molecule has 0 unspecified atom stereocenters. The van der Waals surface area contributed by atoms with Crippen molar-refractivity contribution in [2.24, 2.45) is 0 Å². The van der Waals surface area contributed by atoms with Crippen LogP contribution in [-0.2, 0) is 19.5 Å². The van der Waals surface area contributed by atoms with Crippen LogP contribution >= 0.6 is 27.5 Å². The van der Waals surface area contributed by atoms with Gasteiger partial charge in [-0.2, -0.15) is 0 Å². The molecule has 1 heterocycles. The Morgan fingerprint density at radius 2 is 2.10 bits per heavy atom. The van der Waals surface area contributed by atoms with Crippen molar-refractivity contribution in [2.75, 3.05) is 12.3 Å². The molecule has 1 aliphatic rings. The van der Waals surface area contributed by atoms with Gasteiger partial charge in [0.15, 0.2) is 0 Å². The lowest BCUT2D eigenvalue weighted by Gasteiger charge is -2.29. The predicted molar refractivity (Wildman–Crippen MR) is 87.8 cm³/mol. The lowest BCUT2D eigenvalue weighted by Crippen LogP contribution is -2.30. The lowest BCUT2D eigenvalue weighted by molar-refractivity contribution is 0.246. The topological polar surface area (TPSA) is 29.3 Å². The number of rotatable bonds is 2. The monoisotopic (exact) mass is 350 g/mol. The molecule has 104 valence electrons. The van der Waals surface area contributed by atoms with Gasteiger partial charge in [0.25, 0.3) is 0 Å². The largest absolute Gasteiger partial charge is 0.398 e. The first-order chi connectivity index (χ1) is 9.63. The minimum Gasteiger partial charge on any atom is -0.398 e. The summed E-state index contributed by atoms with van der Waals surface area (Å²) < 4.78 is 0.957. The SMILES string of the molecule is Nc1cccc2c1CCN(Cc1ccc(Cl)c(Br)c1)C2. The van der Waals surface area contributed by atoms with E-state index < -0.39 is 0 Å². The van der Waals surface area contributed by atoms with Crippen molar-refractivity contribution >= 4 is 33.2 Å². The van der Waals surface area contributed by atoms with Crippen LogP contribution in [0, 0.1) is 0 Å². The minimum absolute atomic E-state index is 0.755. The minimum atomic E-state index is 0.755. The van der Waals surface area contributed by atoms with Crippen LogP contribution in [0.1, 0.15) is 16.7 Å². The molecule has 0 atom stereocenters. The smallest absolute Gasteiger partial charge is 0.0548 e. The van der Waals surface area contributed by atoms with Gasteiger partial charge >= 0.3 is 0 Å². The van der Waals surface area contributed by atoms with Crippen LogP contribution in [0.25, 0.3) is 0 Å². The summed E-state index contributed by atoms with van der Waals surface area (Å²) in [6.07, 6.45) is 1.02. The molecule has 2 aromatic carbocycles. The number of benzene rings is 2. The Balaban J connectivity index is 1.76. The van der Waals surface area contributed by atoms with Crippen LogP contribution in [0.4, 0.5) is 5.69 Å². The Bertz CT molecular complexity index is 642. The van der Waals surface area contributed by atoms with Crippen molar-refractivity contribution in [3.63, 3.8) is 0 Å². The fraction of sp³-hybridized carbons (Fsp3) is 0.250. The van der Waals surface area contributed by atoms with Crippen molar-refractivity contribution < 1.29 is 0 Å². The maximum atomic E-state index is 6.04. The van der Waals surface area contributed by atoms with Crippen LogP contribution in [0.5, 0.6) is 0 Å². The number of hydrogen-bond acceptors (Lipinski definition) is 2. The van der Waals surface area contributed by atoms with Crippen molar-refractivity contribution in [2.45, 2.75) is 19.5 Å². The highest BCUT2D eigenvalue weighted by Gasteiger charge is 2.18. The lowest BCUT2D eigenvalue weighted by atomic mass is 9.97. The number of nitrogens with two attached hydrogens (primary N) is 1. The molecule has 2 aromatic rings. The summed E-state index contributed by atoms with van der Waals surface area (Å²) in [6.45, 7) is 2.94. The molecule has 0 radical (unpaired) electrons. The number of hydrogen-bond donors (Lipinski definition) is 1. The van der Waals surface area contributed by atoms with E-state index in [0.717, 1.165) is 41.2 Å². The van der Waals surface area contributed by atoms with E-state index in [4.69, 9.17) is 17.3 Å². The summed E-state index contributed by atoms with van der Waals surface area (Å²) in [4.78, 5) is 2.44. The quantitative estimate of drug-likeness (QED) is 0.820. The molecule has 0 aromatic heterocycles. The molecule has 0 fully saturated rings. The van der Waals surface area contributed by atoms with Crippen LogP contribution < -0.4 is 5.73 Å². The Morgan fingerprint density at radius 3 is 2.90 bits per heavy atom. The van der Waals surface area contributed by atoms with E-state index in [2.05, 4.69) is 39.0 Å². The van der Waals surface area contributed by atoms with Crippen LogP contribution in [0.3, 0.4) is 0 Å². The zero-order valence-electron chi connectivity index (χ0n) is 11.1. The highest BCUT2D eigenvalue weighted by molar-refractivity contribution is 9.10. The fourth-order valence-corrected chi connectivity index (χ4v) is 3.27. The van der Waals surface area contributed by atoms with E-state index >= 15 is 0 Å². The molecular weight excluding hydrogens is 336 g/mol. The van der Waals surface area contributed by atoms with Gasteiger partial charge in [0.1, 0.15) is 0 Å². The summed E-state index contributed by atoms with van der Waals surface area (Å²) in [6, 6.07) is 12.3. The highest BCUT2D eigenvalue weighted by atomic mass is 79.9. The molecule has 0 amide bonds. The van der Waals surface area contributed by atoms with Gasteiger partial charge in [-0.3, -0.25) is 4.90 Å². The summed E-state index contributed by atoms with van der Waals surface area (Å²) in [5.74, 6) is 0. The van der Waals surface area contributed by atoms with E-state index in [-0.39, 0.29) is 0 Å². The van der Waals surface area contributed by atoms with E-state index in [1.807, 2.05) is 18.2 Å². The van der Waals surface area contributed by atoms with Crippen molar-refractivity contribution in [1.29, 1.82) is 0 Å². The second kappa shape index (κ2) is 5.76. The van der Waals surface area contributed by atoms with E-state index in [0.29, 0.717) is 0 Å². The maximum Gasteiger partial charge on any atom is 0.0548 e. The molecule has 0 aliphatic carbocycles. The number of nitrogen functional groups attached to an aromatic ring is 1. The molecule has 2 nitrogen and oxygen atoms in total. The Labute approximate surface area is 132 Å². The standard InChI is InChI=1S/C16H16BrClN2/c17-14-8-11(4-5-15(14)18)9-20-7-6-13-12(10-20)2-1-3-16(13)19/h1-5,8H,6-7,9-10,19H2. The van der Waals surface area contributed by atoms with Gasteiger partial charge in [0, 0.05) is 29.8 Å². The third-order valence-electron chi connectivity index (χ3n) is 3.77. The molecule has 0 saturated carbocycles. The Kier molecular flexibility index (Phi) is 4.01. The zero-order chi connectivity index (χ0) is 14.1. The van der Waals surface area contributed by atoms with Crippen LogP contribution in [0.15, 0.2) is 40.9 Å². The van der Waals surface area contributed by atoms with Gasteiger partial charge in [0.2, 0.25) is 0 Å². The Hall–Kier alpha value is -1.03. The van der Waals surface area contributed by atoms with Gasteiger partial charge in [-0.25, -0.2) is 0 Å². The zero-order valence-corrected chi connectivity index (χ0v) is 13.4. The number of fused-ring (bicyclic) bond motifs is 1. The van der Waals surface area contributed by atoms with Gasteiger partial charge in [-0.15, -0.1) is 0 Å². The maximum absolute atomic E-state index is 6.04. The molecule has 0 spiro atoms. The second-order valence-electron chi connectivity index (χ2n) is 5.19. The van der Waals surface area contributed by atoms with Crippen LogP contribution in [-0.4, -0.2) is 11.4 Å². The van der Waals surface area contributed by atoms with Crippen molar-refractivity contribution in [3.8, 4) is 0 Å². The number of halogens is 2. The molecule has 0 bridgehead atoms. The molecule has 20 heavy (non-hydrogen) atoms.